The smallest absolute Gasteiger partial charge is 0.247 e. The normalized spacial score (nSPS) is 12.6. The number of aryl methyl sites for hydroxylation is 2. The summed E-state index contributed by atoms with van der Waals surface area (Å²) in [6, 6.07) is 5.43. The number of carbonyl (C=O) groups excluding carboxylic acids is 1. The van der Waals surface area contributed by atoms with Crippen molar-refractivity contribution in [3.63, 3.8) is 0 Å². The number of carbonyl (C=O) groups is 1. The van der Waals surface area contributed by atoms with Crippen molar-refractivity contribution in [2.45, 2.75) is 26.3 Å². The molecule has 0 radical (unpaired) electrons. The zero-order chi connectivity index (χ0) is 19.8. The van der Waals surface area contributed by atoms with Crippen LogP contribution in [0.25, 0.3) is 16.4 Å². The Balaban J connectivity index is 1.15. The average molecular weight is 411 g/mol. The van der Waals surface area contributed by atoms with Crippen molar-refractivity contribution in [3.8, 4) is 23.0 Å². The summed E-state index contributed by atoms with van der Waals surface area (Å²) in [4.78, 5) is 18.8. The monoisotopic (exact) mass is 411 g/mol. The molecule has 0 spiro atoms. The number of ether oxygens (including phenoxy) is 2. The van der Waals surface area contributed by atoms with Gasteiger partial charge >= 0.3 is 0 Å². The molecular formula is C19H17N5O4S. The number of benzene rings is 1. The van der Waals surface area contributed by atoms with Gasteiger partial charge in [-0.25, -0.2) is 4.98 Å². The van der Waals surface area contributed by atoms with E-state index in [-0.39, 0.29) is 19.1 Å². The van der Waals surface area contributed by atoms with Crippen LogP contribution in [0.3, 0.4) is 0 Å². The van der Waals surface area contributed by atoms with Crippen LogP contribution in [0.15, 0.2) is 35.0 Å². The summed E-state index contributed by atoms with van der Waals surface area (Å²) in [5, 5.41) is 10.9. The molecule has 9 nitrogen and oxygen atoms in total. The second-order valence-electron chi connectivity index (χ2n) is 6.61. The highest BCUT2D eigenvalue weighted by molar-refractivity contribution is 7.16. The molecule has 1 amide bonds. The Morgan fingerprint density at radius 1 is 1.24 bits per heavy atom. The number of hydrogen-bond donors (Lipinski definition) is 1. The van der Waals surface area contributed by atoms with Crippen molar-refractivity contribution in [1.29, 1.82) is 0 Å². The van der Waals surface area contributed by atoms with Crippen LogP contribution in [0.1, 0.15) is 22.9 Å². The molecule has 0 unspecified atom stereocenters. The van der Waals surface area contributed by atoms with Gasteiger partial charge in [0.2, 0.25) is 24.5 Å². The van der Waals surface area contributed by atoms with Crippen LogP contribution in [-0.4, -0.2) is 32.3 Å². The number of nitrogens with one attached hydrogen (secondary N) is 1. The highest BCUT2D eigenvalue weighted by atomic mass is 32.1. The summed E-state index contributed by atoms with van der Waals surface area (Å²) in [5.41, 5.74) is 1.57. The Labute approximate surface area is 169 Å². The van der Waals surface area contributed by atoms with Gasteiger partial charge in [-0.2, -0.15) is 0 Å². The van der Waals surface area contributed by atoms with E-state index in [9.17, 15) is 4.79 Å². The second-order valence-corrected chi connectivity index (χ2v) is 7.82. The van der Waals surface area contributed by atoms with Gasteiger partial charge < -0.3 is 19.2 Å². The lowest BCUT2D eigenvalue weighted by Crippen LogP contribution is -2.23. The molecular weight excluding hydrogens is 394 g/mol. The first-order valence-corrected chi connectivity index (χ1v) is 9.89. The lowest BCUT2D eigenvalue weighted by atomic mass is 10.2. The summed E-state index contributed by atoms with van der Waals surface area (Å²) >= 11 is 1.62. The molecule has 0 saturated carbocycles. The molecule has 148 valence electrons. The molecule has 0 aliphatic carbocycles. The van der Waals surface area contributed by atoms with Crippen LogP contribution in [0.2, 0.25) is 0 Å². The number of rotatable bonds is 6. The molecule has 1 aromatic carbocycles. The van der Waals surface area contributed by atoms with E-state index in [2.05, 4.69) is 20.5 Å². The van der Waals surface area contributed by atoms with E-state index in [0.717, 1.165) is 16.2 Å². The summed E-state index contributed by atoms with van der Waals surface area (Å²) < 4.78 is 18.3. The largest absolute Gasteiger partial charge is 0.454 e. The predicted molar refractivity (Wildman–Crippen MR) is 104 cm³/mol. The van der Waals surface area contributed by atoms with Gasteiger partial charge in [0.25, 0.3) is 0 Å². The van der Waals surface area contributed by atoms with Gasteiger partial charge in [-0.1, -0.05) is 0 Å². The van der Waals surface area contributed by atoms with E-state index in [1.807, 2.05) is 29.8 Å². The van der Waals surface area contributed by atoms with Gasteiger partial charge in [0.15, 0.2) is 16.5 Å². The van der Waals surface area contributed by atoms with E-state index < -0.39 is 0 Å². The van der Waals surface area contributed by atoms with Crippen molar-refractivity contribution in [2.24, 2.45) is 0 Å². The molecule has 0 atom stereocenters. The van der Waals surface area contributed by atoms with E-state index >= 15 is 0 Å². The first kappa shape index (κ1) is 17.7. The molecule has 0 saturated heterocycles. The topological polar surface area (TPSA) is 104 Å². The number of hydrogen-bond acceptors (Lipinski definition) is 8. The third kappa shape index (κ3) is 3.66. The number of thiazole rings is 1. The Kier molecular flexibility index (Phi) is 4.39. The number of imidazole rings is 1. The third-order valence-corrected chi connectivity index (χ3v) is 5.35. The van der Waals surface area contributed by atoms with E-state index in [0.29, 0.717) is 36.2 Å². The zero-order valence-corrected chi connectivity index (χ0v) is 16.4. The summed E-state index contributed by atoms with van der Waals surface area (Å²) in [7, 11) is 0. The molecule has 10 heteroatoms. The maximum atomic E-state index is 12.1. The van der Waals surface area contributed by atoms with E-state index in [1.165, 1.54) is 4.88 Å². The van der Waals surface area contributed by atoms with Gasteiger partial charge in [-0.05, 0) is 25.1 Å². The quantitative estimate of drug-likeness (QED) is 0.520. The maximum Gasteiger partial charge on any atom is 0.247 e. The SMILES string of the molecule is Cc1cn2cc(CNC(=O)CCc3nnc(-c4ccc5c(c4)OCO5)o3)nc2s1. The summed E-state index contributed by atoms with van der Waals surface area (Å²) in [6.45, 7) is 2.63. The lowest BCUT2D eigenvalue weighted by Gasteiger charge is -2.01. The zero-order valence-electron chi connectivity index (χ0n) is 15.5. The second kappa shape index (κ2) is 7.21. The number of nitrogens with zero attached hydrogens (tertiary/aromatic N) is 4. The minimum absolute atomic E-state index is 0.0969. The number of fused-ring (bicyclic) bond motifs is 2. The molecule has 1 N–H and O–H groups in total. The first-order chi connectivity index (χ1) is 14.1. The molecule has 29 heavy (non-hydrogen) atoms. The molecule has 5 rings (SSSR count). The number of aromatic nitrogens is 4. The minimum Gasteiger partial charge on any atom is -0.454 e. The lowest BCUT2D eigenvalue weighted by molar-refractivity contribution is -0.121. The predicted octanol–water partition coefficient (Wildman–Crippen LogP) is 2.73. The minimum atomic E-state index is -0.0969. The first-order valence-electron chi connectivity index (χ1n) is 9.07. The molecule has 3 aromatic heterocycles. The summed E-state index contributed by atoms with van der Waals surface area (Å²) in [6.07, 6.45) is 4.56. The van der Waals surface area contributed by atoms with E-state index in [1.54, 1.807) is 23.5 Å². The fourth-order valence-corrected chi connectivity index (χ4v) is 3.87. The number of amides is 1. The summed E-state index contributed by atoms with van der Waals surface area (Å²) in [5.74, 6) is 2.03. The standard InChI is InChI=1S/C19H17N5O4S/c1-11-8-24-9-13(21-19(24)29-11)7-20-16(25)4-5-17-22-23-18(28-17)12-2-3-14-15(6-12)27-10-26-14/h2-3,6,8-9H,4-5,7,10H2,1H3,(H,20,25). The molecule has 0 fully saturated rings. The van der Waals surface area contributed by atoms with Crippen molar-refractivity contribution in [1.82, 2.24) is 24.9 Å². The fraction of sp³-hybridized carbons (Fsp3) is 0.263. The molecule has 1 aliphatic rings. The van der Waals surface area contributed by atoms with Crippen LogP contribution in [0.4, 0.5) is 0 Å². The highest BCUT2D eigenvalue weighted by Gasteiger charge is 2.17. The average Bonchev–Trinajstić information content (AvgIpc) is 3.47. The molecule has 4 aromatic rings. The van der Waals surface area contributed by atoms with Gasteiger partial charge in [0.1, 0.15) is 0 Å². The van der Waals surface area contributed by atoms with Gasteiger partial charge in [0, 0.05) is 35.7 Å². The van der Waals surface area contributed by atoms with Gasteiger partial charge in [-0.15, -0.1) is 21.5 Å². The fourth-order valence-electron chi connectivity index (χ4n) is 3.04. The van der Waals surface area contributed by atoms with Crippen LogP contribution >= 0.6 is 11.3 Å². The van der Waals surface area contributed by atoms with Crippen molar-refractivity contribution in [3.05, 3.63) is 47.1 Å². The molecule has 1 aliphatic heterocycles. The maximum absolute atomic E-state index is 12.1. The Morgan fingerprint density at radius 3 is 3.03 bits per heavy atom. The van der Waals surface area contributed by atoms with Crippen LogP contribution in [0, 0.1) is 6.92 Å². The molecule has 0 bridgehead atoms. The third-order valence-electron chi connectivity index (χ3n) is 4.44. The Morgan fingerprint density at radius 2 is 2.14 bits per heavy atom. The van der Waals surface area contributed by atoms with E-state index in [4.69, 9.17) is 13.9 Å². The Bertz CT molecular complexity index is 1160. The van der Waals surface area contributed by atoms with Crippen molar-refractivity contribution in [2.75, 3.05) is 6.79 Å². The molecule has 4 heterocycles. The van der Waals surface area contributed by atoms with Crippen LogP contribution in [-0.2, 0) is 17.8 Å². The van der Waals surface area contributed by atoms with Crippen molar-refractivity contribution >= 4 is 22.2 Å². The van der Waals surface area contributed by atoms with Crippen molar-refractivity contribution < 1.29 is 18.7 Å². The van der Waals surface area contributed by atoms with Gasteiger partial charge in [-0.3, -0.25) is 9.20 Å². The van der Waals surface area contributed by atoms with Crippen LogP contribution < -0.4 is 14.8 Å². The Hall–Kier alpha value is -3.40. The highest BCUT2D eigenvalue weighted by Crippen LogP contribution is 2.35. The van der Waals surface area contributed by atoms with Crippen LogP contribution in [0.5, 0.6) is 11.5 Å². The van der Waals surface area contributed by atoms with Gasteiger partial charge in [0.05, 0.1) is 12.2 Å².